The molecule has 0 amide bonds. The van der Waals surface area contributed by atoms with Crippen molar-refractivity contribution in [2.75, 3.05) is 6.54 Å². The van der Waals surface area contributed by atoms with Crippen LogP contribution in [0, 0.1) is 6.92 Å². The molecule has 0 atom stereocenters. The Balaban J connectivity index is 2.16. The second kappa shape index (κ2) is 5.30. The van der Waals surface area contributed by atoms with Gasteiger partial charge in [-0.2, -0.15) is 9.61 Å². The second-order valence-corrected chi connectivity index (χ2v) is 5.52. The monoisotopic (exact) mass is 331 g/mol. The molecule has 0 aliphatic carbocycles. The summed E-state index contributed by atoms with van der Waals surface area (Å²) in [6.45, 7) is 2.60. The van der Waals surface area contributed by atoms with Crippen LogP contribution in [0.4, 0.5) is 0 Å². The van der Waals surface area contributed by atoms with E-state index in [0.717, 1.165) is 27.2 Å². The Morgan fingerprint density at radius 1 is 1.20 bits per heavy atom. The van der Waals surface area contributed by atoms with E-state index in [4.69, 9.17) is 5.73 Å². The van der Waals surface area contributed by atoms with E-state index >= 15 is 0 Å². The second-order valence-electron chi connectivity index (χ2n) is 4.60. The molecule has 2 heterocycles. The third-order valence-corrected chi connectivity index (χ3v) is 3.66. The summed E-state index contributed by atoms with van der Waals surface area (Å²) in [6, 6.07) is 10.0. The van der Waals surface area contributed by atoms with Crippen molar-refractivity contribution in [1.29, 1.82) is 0 Å². The van der Waals surface area contributed by atoms with Gasteiger partial charge in [-0.3, -0.25) is 0 Å². The first kappa shape index (κ1) is 13.2. The number of nitrogens with zero attached hydrogens (tertiary/aromatic N) is 4. The van der Waals surface area contributed by atoms with Crippen molar-refractivity contribution < 1.29 is 0 Å². The number of nitrogens with two attached hydrogens (primary N) is 1. The Morgan fingerprint density at radius 2 is 2.05 bits per heavy atom. The zero-order valence-corrected chi connectivity index (χ0v) is 12.6. The van der Waals surface area contributed by atoms with E-state index in [2.05, 4.69) is 50.3 Å². The van der Waals surface area contributed by atoms with Crippen LogP contribution in [0.25, 0.3) is 16.9 Å². The Morgan fingerprint density at radius 3 is 2.85 bits per heavy atom. The maximum Gasteiger partial charge on any atom is 0.177 e. The Labute approximate surface area is 125 Å². The molecule has 1 aromatic carbocycles. The molecule has 2 N–H and O–H groups in total. The summed E-state index contributed by atoms with van der Waals surface area (Å²) < 4.78 is 2.80. The van der Waals surface area contributed by atoms with Crippen LogP contribution < -0.4 is 5.73 Å². The van der Waals surface area contributed by atoms with Crippen molar-refractivity contribution in [3.8, 4) is 11.3 Å². The maximum absolute atomic E-state index is 5.59. The van der Waals surface area contributed by atoms with Crippen LogP contribution in [0.5, 0.6) is 0 Å². The first-order chi connectivity index (χ1) is 9.69. The third kappa shape index (κ3) is 2.32. The molecule has 0 aliphatic heterocycles. The topological polar surface area (TPSA) is 69.1 Å². The van der Waals surface area contributed by atoms with E-state index in [1.54, 1.807) is 4.52 Å². The van der Waals surface area contributed by atoms with Crippen LogP contribution in [-0.2, 0) is 6.42 Å². The Kier molecular flexibility index (Phi) is 3.50. The molecule has 0 radical (unpaired) electrons. The van der Waals surface area contributed by atoms with Gasteiger partial charge in [0.15, 0.2) is 11.5 Å². The average Bonchev–Trinajstić information content (AvgIpc) is 2.84. The molecule has 0 aliphatic rings. The molecule has 3 aromatic rings. The predicted molar refractivity (Wildman–Crippen MR) is 81.4 cm³/mol. The molecule has 0 fully saturated rings. The fourth-order valence-electron chi connectivity index (χ4n) is 2.13. The van der Waals surface area contributed by atoms with E-state index in [-0.39, 0.29) is 0 Å². The lowest BCUT2D eigenvalue weighted by Crippen LogP contribution is -2.08. The minimum Gasteiger partial charge on any atom is -0.330 e. The number of halogens is 1. The Hall–Kier alpha value is -1.79. The highest BCUT2D eigenvalue weighted by molar-refractivity contribution is 9.10. The predicted octanol–water partition coefficient (Wildman–Crippen LogP) is 2.36. The number of aromatic nitrogens is 4. The average molecular weight is 332 g/mol. The van der Waals surface area contributed by atoms with Gasteiger partial charge < -0.3 is 5.73 Å². The molecule has 2 aromatic heterocycles. The molecule has 102 valence electrons. The quantitative estimate of drug-likeness (QED) is 0.799. The van der Waals surface area contributed by atoms with Crippen LogP contribution in [0.3, 0.4) is 0 Å². The van der Waals surface area contributed by atoms with E-state index in [1.165, 1.54) is 5.56 Å². The fourth-order valence-corrected chi connectivity index (χ4v) is 2.49. The zero-order valence-electron chi connectivity index (χ0n) is 11.0. The standard InChI is InChI=1S/C14H14BrN5/c1-9-2-3-10(15)8-11(9)12-4-5-13-17-18-14(6-7-16)20(13)19-12/h2-5,8H,6-7,16H2,1H3. The van der Waals surface area contributed by atoms with Gasteiger partial charge in [0.25, 0.3) is 0 Å². The molecular weight excluding hydrogens is 318 g/mol. The Bertz CT molecular complexity index is 765. The number of benzene rings is 1. The zero-order chi connectivity index (χ0) is 14.1. The van der Waals surface area contributed by atoms with Gasteiger partial charge in [-0.25, -0.2) is 0 Å². The van der Waals surface area contributed by atoms with Crippen molar-refractivity contribution in [1.82, 2.24) is 19.8 Å². The van der Waals surface area contributed by atoms with Gasteiger partial charge in [0.2, 0.25) is 0 Å². The van der Waals surface area contributed by atoms with Gasteiger partial charge in [-0.15, -0.1) is 10.2 Å². The number of hydrogen-bond donors (Lipinski definition) is 1. The van der Waals surface area contributed by atoms with Crippen LogP contribution in [-0.4, -0.2) is 26.4 Å². The van der Waals surface area contributed by atoms with Crippen molar-refractivity contribution in [3.63, 3.8) is 0 Å². The first-order valence-electron chi connectivity index (χ1n) is 6.37. The molecule has 6 heteroatoms. The van der Waals surface area contributed by atoms with Crippen LogP contribution >= 0.6 is 15.9 Å². The third-order valence-electron chi connectivity index (χ3n) is 3.17. The van der Waals surface area contributed by atoms with Crippen molar-refractivity contribution in [2.24, 2.45) is 5.73 Å². The lowest BCUT2D eigenvalue weighted by Gasteiger charge is -2.06. The minimum atomic E-state index is 0.530. The number of fused-ring (bicyclic) bond motifs is 1. The number of hydrogen-bond acceptors (Lipinski definition) is 4. The summed E-state index contributed by atoms with van der Waals surface area (Å²) in [4.78, 5) is 0. The largest absolute Gasteiger partial charge is 0.330 e. The summed E-state index contributed by atoms with van der Waals surface area (Å²) in [5.74, 6) is 0.789. The molecular formula is C14H14BrN5. The SMILES string of the molecule is Cc1ccc(Br)cc1-c1ccc2nnc(CCN)n2n1. The maximum atomic E-state index is 5.59. The lowest BCUT2D eigenvalue weighted by molar-refractivity contribution is 0.793. The summed E-state index contributed by atoms with van der Waals surface area (Å²) in [5, 5.41) is 12.9. The summed E-state index contributed by atoms with van der Waals surface area (Å²) in [7, 11) is 0. The van der Waals surface area contributed by atoms with Gasteiger partial charge >= 0.3 is 0 Å². The van der Waals surface area contributed by atoms with Gasteiger partial charge in [-0.05, 0) is 43.3 Å². The highest BCUT2D eigenvalue weighted by Crippen LogP contribution is 2.25. The minimum absolute atomic E-state index is 0.530. The van der Waals surface area contributed by atoms with E-state index in [1.807, 2.05) is 18.2 Å². The molecule has 20 heavy (non-hydrogen) atoms. The molecule has 5 nitrogen and oxygen atoms in total. The van der Waals surface area contributed by atoms with Crippen LogP contribution in [0.2, 0.25) is 0 Å². The first-order valence-corrected chi connectivity index (χ1v) is 7.16. The van der Waals surface area contributed by atoms with Crippen molar-refractivity contribution in [3.05, 3.63) is 46.2 Å². The highest BCUT2D eigenvalue weighted by Gasteiger charge is 2.09. The van der Waals surface area contributed by atoms with Gasteiger partial charge in [-0.1, -0.05) is 22.0 Å². The van der Waals surface area contributed by atoms with E-state index < -0.39 is 0 Å². The van der Waals surface area contributed by atoms with Gasteiger partial charge in [0, 0.05) is 16.5 Å². The molecule has 0 saturated carbocycles. The smallest absolute Gasteiger partial charge is 0.177 e. The normalized spacial score (nSPS) is 11.2. The molecule has 0 unspecified atom stereocenters. The highest BCUT2D eigenvalue weighted by atomic mass is 79.9. The molecule has 0 bridgehead atoms. The summed E-state index contributed by atoms with van der Waals surface area (Å²) >= 11 is 3.50. The lowest BCUT2D eigenvalue weighted by atomic mass is 10.1. The van der Waals surface area contributed by atoms with E-state index in [0.29, 0.717) is 13.0 Å². The van der Waals surface area contributed by atoms with Crippen molar-refractivity contribution >= 4 is 21.6 Å². The number of rotatable bonds is 3. The van der Waals surface area contributed by atoms with Gasteiger partial charge in [0.05, 0.1) is 5.69 Å². The fraction of sp³-hybridized carbons (Fsp3) is 0.214. The summed E-state index contributed by atoms with van der Waals surface area (Å²) in [6.07, 6.45) is 0.662. The number of aryl methyl sites for hydroxylation is 1. The van der Waals surface area contributed by atoms with E-state index in [9.17, 15) is 0 Å². The van der Waals surface area contributed by atoms with Crippen molar-refractivity contribution in [2.45, 2.75) is 13.3 Å². The molecule has 0 saturated heterocycles. The molecule has 0 spiro atoms. The van der Waals surface area contributed by atoms with Crippen LogP contribution in [0.15, 0.2) is 34.8 Å². The molecule has 3 rings (SSSR count). The van der Waals surface area contributed by atoms with Gasteiger partial charge in [0.1, 0.15) is 0 Å². The summed E-state index contributed by atoms with van der Waals surface area (Å²) in [5.41, 5.74) is 9.49. The van der Waals surface area contributed by atoms with Crippen LogP contribution in [0.1, 0.15) is 11.4 Å².